The summed E-state index contributed by atoms with van der Waals surface area (Å²) in [4.78, 5) is 78.4. The number of carbonyl (C=O) groups is 6. The van der Waals surface area contributed by atoms with Crippen LogP contribution in [0.1, 0.15) is 67.2 Å². The van der Waals surface area contributed by atoms with E-state index >= 15 is 0 Å². The van der Waals surface area contributed by atoms with Crippen molar-refractivity contribution in [3.8, 4) is 11.1 Å². The lowest BCUT2D eigenvalue weighted by Crippen LogP contribution is -2.47. The summed E-state index contributed by atoms with van der Waals surface area (Å²) in [6, 6.07) is 14.4. The van der Waals surface area contributed by atoms with Gasteiger partial charge in [-0.2, -0.15) is 0 Å². The Hall–Kier alpha value is -3.94. The van der Waals surface area contributed by atoms with Gasteiger partial charge >= 0.3 is 0 Å². The van der Waals surface area contributed by atoms with E-state index in [0.717, 1.165) is 11.1 Å². The van der Waals surface area contributed by atoms with E-state index in [1.807, 2.05) is 52.0 Å². The minimum absolute atomic E-state index is 0.357. The highest BCUT2D eigenvalue weighted by Crippen LogP contribution is 2.70. The Balaban J connectivity index is 1.16. The molecule has 4 saturated carbocycles. The van der Waals surface area contributed by atoms with E-state index < -0.39 is 67.4 Å². The smallest absolute Gasteiger partial charge is 0.239 e. The Kier molecular flexibility index (Phi) is 5.59. The quantitative estimate of drug-likeness (QED) is 0.379. The summed E-state index contributed by atoms with van der Waals surface area (Å²) in [5, 5.41) is 5.76. The van der Waals surface area contributed by atoms with E-state index in [1.165, 1.54) is 0 Å². The molecule has 2 N–H and O–H groups in total. The van der Waals surface area contributed by atoms with Crippen LogP contribution in [0.3, 0.4) is 0 Å². The van der Waals surface area contributed by atoms with Gasteiger partial charge in [-0.1, -0.05) is 65.8 Å². The van der Waals surface area contributed by atoms with E-state index in [-0.39, 0.29) is 0 Å². The van der Waals surface area contributed by atoms with Crippen molar-refractivity contribution in [2.75, 3.05) is 10.6 Å². The van der Waals surface area contributed by atoms with Crippen LogP contribution in [-0.2, 0) is 28.8 Å². The van der Waals surface area contributed by atoms with Gasteiger partial charge in [0.2, 0.25) is 34.9 Å². The molecule has 0 aliphatic heterocycles. The number of ketones is 4. The molecule has 8 nitrogen and oxygen atoms in total. The molecule has 2 amide bonds. The summed E-state index contributed by atoms with van der Waals surface area (Å²) in [6.07, 6.45) is 1.74. The molecule has 0 spiro atoms. The Morgan fingerprint density at radius 1 is 0.500 bits per heavy atom. The SMILES string of the molecule is CC12CCC(C(=O)Nc3ccc(-c4ccc(NC(=O)C56CCC(C)(C(=O)C5=O)C6(C)C)cc4)cc3)(C(=O)C1=O)C2(C)C. The van der Waals surface area contributed by atoms with Gasteiger partial charge in [-0.3, -0.25) is 28.8 Å². The van der Waals surface area contributed by atoms with Gasteiger partial charge in [0.05, 0.1) is 0 Å². The number of hydrogen-bond donors (Lipinski definition) is 2. The fraction of sp³-hybridized carbons (Fsp3) is 0.471. The highest BCUT2D eigenvalue weighted by Gasteiger charge is 2.79. The average molecular weight is 569 g/mol. The number of Topliss-reactive ketones (excluding diaryl/α,β-unsaturated/α-hetero) is 4. The van der Waals surface area contributed by atoms with Gasteiger partial charge in [-0.15, -0.1) is 0 Å². The predicted octanol–water partition coefficient (Wildman–Crippen LogP) is 5.16. The molecule has 8 heteroatoms. The molecule has 0 radical (unpaired) electrons. The Bertz CT molecular complexity index is 1500. The second-order valence-electron chi connectivity index (χ2n) is 14.1. The van der Waals surface area contributed by atoms with Gasteiger partial charge in [-0.05, 0) is 71.9 Å². The third-order valence-corrected chi connectivity index (χ3v) is 12.5. The first kappa shape index (κ1) is 28.2. The summed E-state index contributed by atoms with van der Waals surface area (Å²) in [6.45, 7) is 10.9. The minimum atomic E-state index is -1.36. The summed E-state index contributed by atoms with van der Waals surface area (Å²) in [5.41, 5.74) is -3.13. The van der Waals surface area contributed by atoms with Crippen LogP contribution in [0.15, 0.2) is 48.5 Å². The Morgan fingerprint density at radius 3 is 1.07 bits per heavy atom. The molecule has 0 saturated heterocycles. The Morgan fingerprint density at radius 2 is 0.810 bits per heavy atom. The van der Waals surface area contributed by atoms with Crippen molar-refractivity contribution >= 4 is 46.3 Å². The third kappa shape index (κ3) is 2.98. The van der Waals surface area contributed by atoms with Gasteiger partial charge in [0.25, 0.3) is 0 Å². The number of amides is 2. The van der Waals surface area contributed by atoms with Gasteiger partial charge < -0.3 is 10.6 Å². The number of hydrogen-bond acceptors (Lipinski definition) is 6. The van der Waals surface area contributed by atoms with Crippen LogP contribution in [0, 0.1) is 32.5 Å². The molecule has 6 rings (SSSR count). The van der Waals surface area contributed by atoms with Crippen LogP contribution in [0.4, 0.5) is 11.4 Å². The summed E-state index contributed by atoms with van der Waals surface area (Å²) in [5.74, 6) is -2.94. The van der Waals surface area contributed by atoms with Crippen molar-refractivity contribution in [3.05, 3.63) is 48.5 Å². The van der Waals surface area contributed by atoms with Gasteiger partial charge in [0.15, 0.2) is 0 Å². The third-order valence-electron chi connectivity index (χ3n) is 12.5. The van der Waals surface area contributed by atoms with Gasteiger partial charge in [0, 0.05) is 22.2 Å². The number of benzene rings is 2. The number of carbonyl (C=O) groups excluding carboxylic acids is 6. The molecule has 42 heavy (non-hydrogen) atoms. The molecule has 0 heterocycles. The number of anilines is 2. The van der Waals surface area contributed by atoms with Crippen LogP contribution in [0.25, 0.3) is 11.1 Å². The molecule has 0 aromatic heterocycles. The largest absolute Gasteiger partial charge is 0.325 e. The summed E-state index contributed by atoms with van der Waals surface area (Å²) >= 11 is 0. The standard InChI is InChI=1S/C34H36N2O6/c1-29(2)31(5)15-17-33(29,25(39)23(31)37)27(41)35-21-11-7-19(8-12-21)20-9-13-22(14-10-20)36-28(42)34-18-16-32(6,30(34,3)4)24(38)26(34)40/h7-14H,15-18H2,1-6H3,(H,35,41)(H,36,42). The van der Waals surface area contributed by atoms with Crippen molar-refractivity contribution in [3.63, 3.8) is 0 Å². The van der Waals surface area contributed by atoms with E-state index in [4.69, 9.17) is 0 Å². The highest BCUT2D eigenvalue weighted by molar-refractivity contribution is 6.49. The molecule has 4 fully saturated rings. The topological polar surface area (TPSA) is 126 Å². The fourth-order valence-corrected chi connectivity index (χ4v) is 8.51. The lowest BCUT2D eigenvalue weighted by Gasteiger charge is -2.37. The molecular weight excluding hydrogens is 532 g/mol. The lowest BCUT2D eigenvalue weighted by atomic mass is 9.64. The average Bonchev–Trinajstić information content (AvgIpc) is 3.39. The van der Waals surface area contributed by atoms with E-state index in [1.54, 1.807) is 38.1 Å². The van der Waals surface area contributed by atoms with Crippen LogP contribution in [-0.4, -0.2) is 34.9 Å². The minimum Gasteiger partial charge on any atom is -0.325 e. The normalized spacial score (nSPS) is 33.8. The van der Waals surface area contributed by atoms with Crippen molar-refractivity contribution < 1.29 is 28.8 Å². The number of nitrogens with one attached hydrogen (secondary N) is 2. The van der Waals surface area contributed by atoms with Crippen LogP contribution < -0.4 is 10.6 Å². The van der Waals surface area contributed by atoms with Crippen molar-refractivity contribution in [2.24, 2.45) is 32.5 Å². The van der Waals surface area contributed by atoms with Crippen molar-refractivity contribution in [1.29, 1.82) is 0 Å². The molecule has 4 aliphatic carbocycles. The first-order chi connectivity index (χ1) is 19.5. The van der Waals surface area contributed by atoms with E-state index in [0.29, 0.717) is 37.1 Å². The van der Waals surface area contributed by atoms with Crippen molar-refractivity contribution in [1.82, 2.24) is 0 Å². The number of fused-ring (bicyclic) bond motifs is 4. The van der Waals surface area contributed by atoms with Gasteiger partial charge in [0.1, 0.15) is 10.8 Å². The zero-order chi connectivity index (χ0) is 30.7. The Labute approximate surface area is 245 Å². The molecule has 4 aliphatic rings. The van der Waals surface area contributed by atoms with Gasteiger partial charge in [-0.25, -0.2) is 0 Å². The van der Waals surface area contributed by atoms with E-state index in [9.17, 15) is 28.8 Å². The van der Waals surface area contributed by atoms with Crippen LogP contribution in [0.5, 0.6) is 0 Å². The first-order valence-corrected chi connectivity index (χ1v) is 14.5. The first-order valence-electron chi connectivity index (χ1n) is 14.5. The maximum Gasteiger partial charge on any atom is 0.239 e. The maximum atomic E-state index is 13.5. The zero-order valence-electron chi connectivity index (χ0n) is 24.9. The predicted molar refractivity (Wildman–Crippen MR) is 156 cm³/mol. The fourth-order valence-electron chi connectivity index (χ4n) is 8.51. The maximum absolute atomic E-state index is 13.5. The summed E-state index contributed by atoms with van der Waals surface area (Å²) < 4.78 is 0. The van der Waals surface area contributed by atoms with E-state index in [2.05, 4.69) is 10.6 Å². The van der Waals surface area contributed by atoms with Crippen LogP contribution in [0.2, 0.25) is 0 Å². The molecule has 4 unspecified atom stereocenters. The molecule has 4 atom stereocenters. The summed E-state index contributed by atoms with van der Waals surface area (Å²) in [7, 11) is 0. The monoisotopic (exact) mass is 568 g/mol. The molecule has 2 aromatic rings. The molecule has 218 valence electrons. The molecule has 2 aromatic carbocycles. The molecular formula is C34H36N2O6. The second-order valence-corrected chi connectivity index (χ2v) is 14.1. The lowest BCUT2D eigenvalue weighted by molar-refractivity contribution is -0.147. The highest BCUT2D eigenvalue weighted by atomic mass is 16.2. The van der Waals surface area contributed by atoms with Crippen molar-refractivity contribution in [2.45, 2.75) is 67.2 Å². The van der Waals surface area contributed by atoms with Crippen LogP contribution >= 0.6 is 0 Å². The molecule has 4 bridgehead atoms. The zero-order valence-corrected chi connectivity index (χ0v) is 24.9. The number of rotatable bonds is 5. The second kappa shape index (κ2) is 8.33.